The third kappa shape index (κ3) is 3.60. The molecule has 0 saturated carbocycles. The van der Waals surface area contributed by atoms with Gasteiger partial charge in [-0.05, 0) is 30.0 Å². The first-order chi connectivity index (χ1) is 11.1. The fourth-order valence-electron chi connectivity index (χ4n) is 3.38. The van der Waals surface area contributed by atoms with Crippen LogP contribution in [0.5, 0.6) is 0 Å². The maximum absolute atomic E-state index is 12.5. The minimum atomic E-state index is -0.249. The van der Waals surface area contributed by atoms with E-state index < -0.39 is 0 Å². The van der Waals surface area contributed by atoms with Crippen molar-refractivity contribution in [1.82, 2.24) is 21.5 Å². The van der Waals surface area contributed by atoms with Crippen LogP contribution in [0.1, 0.15) is 31.0 Å². The van der Waals surface area contributed by atoms with Gasteiger partial charge in [0.25, 0.3) is 0 Å². The van der Waals surface area contributed by atoms with Crippen molar-refractivity contribution in [3.05, 3.63) is 35.4 Å². The Hall–Kier alpha value is -0.950. The van der Waals surface area contributed by atoms with Crippen molar-refractivity contribution in [1.29, 1.82) is 0 Å². The van der Waals surface area contributed by atoms with E-state index in [0.717, 1.165) is 13.0 Å². The van der Waals surface area contributed by atoms with Gasteiger partial charge in [0.15, 0.2) is 0 Å². The van der Waals surface area contributed by atoms with Gasteiger partial charge in [-0.2, -0.15) is 0 Å². The zero-order chi connectivity index (χ0) is 16.4. The Kier molecular flexibility index (Phi) is 5.36. The lowest BCUT2D eigenvalue weighted by Crippen LogP contribution is -2.48. The number of hydrazine groups is 1. The van der Waals surface area contributed by atoms with Crippen LogP contribution in [0.2, 0.25) is 0 Å². The Labute approximate surface area is 146 Å². The summed E-state index contributed by atoms with van der Waals surface area (Å²) in [6.07, 6.45) is 1.05. The van der Waals surface area contributed by atoms with E-state index in [9.17, 15) is 4.79 Å². The number of amides is 1. The van der Waals surface area contributed by atoms with Gasteiger partial charge in [0.2, 0.25) is 5.91 Å². The summed E-state index contributed by atoms with van der Waals surface area (Å²) >= 11 is 3.66. The van der Waals surface area contributed by atoms with Crippen LogP contribution in [-0.2, 0) is 11.2 Å². The van der Waals surface area contributed by atoms with E-state index in [-0.39, 0.29) is 28.9 Å². The standard InChI is InChI=1S/C17H25BrN4O/c1-10(2)15-14(18)16(22-21-15)17(23)20-9-13-12-6-4-3-5-11(12)7-8-19-13/h3-6,10,13-16,19,21-22H,7-9H2,1-2H3,(H,20,23). The number of benzene rings is 1. The number of rotatable bonds is 4. The minimum Gasteiger partial charge on any atom is -0.353 e. The minimum absolute atomic E-state index is 0.0346. The number of hydrogen-bond donors (Lipinski definition) is 4. The van der Waals surface area contributed by atoms with Crippen LogP contribution >= 0.6 is 15.9 Å². The predicted molar refractivity (Wildman–Crippen MR) is 95.3 cm³/mol. The number of fused-ring (bicyclic) bond motifs is 1. The van der Waals surface area contributed by atoms with E-state index in [1.165, 1.54) is 11.1 Å². The molecule has 1 aromatic rings. The molecule has 0 radical (unpaired) electrons. The smallest absolute Gasteiger partial charge is 0.239 e. The molecule has 126 valence electrons. The monoisotopic (exact) mass is 380 g/mol. The number of nitrogens with one attached hydrogen (secondary N) is 4. The molecule has 2 aliphatic rings. The van der Waals surface area contributed by atoms with Gasteiger partial charge in [-0.15, -0.1) is 0 Å². The molecule has 0 aromatic heterocycles. The van der Waals surface area contributed by atoms with Gasteiger partial charge in [0, 0.05) is 18.6 Å². The van der Waals surface area contributed by atoms with Crippen LogP contribution in [0.25, 0.3) is 0 Å². The third-order valence-electron chi connectivity index (χ3n) is 4.76. The summed E-state index contributed by atoms with van der Waals surface area (Å²) in [6, 6.07) is 8.65. The Balaban J connectivity index is 1.58. The molecule has 3 rings (SSSR count). The highest BCUT2D eigenvalue weighted by Gasteiger charge is 2.39. The highest BCUT2D eigenvalue weighted by Crippen LogP contribution is 2.23. The van der Waals surface area contributed by atoms with E-state index in [1.807, 2.05) is 0 Å². The molecule has 2 heterocycles. The quantitative estimate of drug-likeness (QED) is 0.593. The summed E-state index contributed by atoms with van der Waals surface area (Å²) in [7, 11) is 0. The van der Waals surface area contributed by atoms with Gasteiger partial charge in [0.1, 0.15) is 6.04 Å². The van der Waals surface area contributed by atoms with Crippen molar-refractivity contribution < 1.29 is 4.79 Å². The summed E-state index contributed by atoms with van der Waals surface area (Å²) in [4.78, 5) is 12.6. The van der Waals surface area contributed by atoms with Gasteiger partial charge in [-0.1, -0.05) is 54.0 Å². The number of carbonyl (C=O) groups is 1. The number of alkyl halides is 1. The number of carbonyl (C=O) groups excluding carboxylic acids is 1. The van der Waals surface area contributed by atoms with Crippen LogP contribution in [-0.4, -0.2) is 35.9 Å². The summed E-state index contributed by atoms with van der Waals surface area (Å²) < 4.78 is 0. The molecule has 1 amide bonds. The topological polar surface area (TPSA) is 65.2 Å². The van der Waals surface area contributed by atoms with Crippen molar-refractivity contribution in [3.63, 3.8) is 0 Å². The van der Waals surface area contributed by atoms with Crippen molar-refractivity contribution in [2.75, 3.05) is 13.1 Å². The fraction of sp³-hybridized carbons (Fsp3) is 0.588. The maximum Gasteiger partial charge on any atom is 0.239 e. The first kappa shape index (κ1) is 16.9. The Morgan fingerprint density at radius 1 is 1.35 bits per heavy atom. The van der Waals surface area contributed by atoms with Crippen LogP contribution in [0, 0.1) is 5.92 Å². The highest BCUT2D eigenvalue weighted by atomic mass is 79.9. The summed E-state index contributed by atoms with van der Waals surface area (Å²) in [6.45, 7) is 5.87. The van der Waals surface area contributed by atoms with E-state index >= 15 is 0 Å². The predicted octanol–water partition coefficient (Wildman–Crippen LogP) is 1.25. The van der Waals surface area contributed by atoms with Gasteiger partial charge >= 0.3 is 0 Å². The van der Waals surface area contributed by atoms with E-state index in [4.69, 9.17) is 0 Å². The highest BCUT2D eigenvalue weighted by molar-refractivity contribution is 9.09. The molecular formula is C17H25BrN4O. The molecule has 1 aromatic carbocycles. The van der Waals surface area contributed by atoms with E-state index in [1.54, 1.807) is 0 Å². The van der Waals surface area contributed by atoms with Gasteiger partial charge < -0.3 is 10.6 Å². The SMILES string of the molecule is CC(C)C1NNC(C(=O)NCC2NCCc3ccccc32)C1Br. The van der Waals surface area contributed by atoms with Crippen molar-refractivity contribution in [3.8, 4) is 0 Å². The molecule has 1 fully saturated rings. The second-order valence-corrected chi connectivity index (χ2v) is 7.74. The maximum atomic E-state index is 12.5. The van der Waals surface area contributed by atoms with Crippen LogP contribution < -0.4 is 21.5 Å². The fourth-order valence-corrected chi connectivity index (χ4v) is 4.50. The second kappa shape index (κ2) is 7.30. The van der Waals surface area contributed by atoms with Crippen molar-refractivity contribution in [2.45, 2.75) is 43.2 Å². The molecule has 0 aliphatic carbocycles. The van der Waals surface area contributed by atoms with Crippen LogP contribution in [0.15, 0.2) is 24.3 Å². The molecule has 23 heavy (non-hydrogen) atoms. The largest absolute Gasteiger partial charge is 0.353 e. The normalized spacial score (nSPS) is 30.3. The zero-order valence-corrected chi connectivity index (χ0v) is 15.2. The lowest BCUT2D eigenvalue weighted by molar-refractivity contribution is -0.122. The third-order valence-corrected chi connectivity index (χ3v) is 5.86. The molecule has 1 saturated heterocycles. The average molecular weight is 381 g/mol. The molecular weight excluding hydrogens is 356 g/mol. The Bertz CT molecular complexity index is 565. The molecule has 5 nitrogen and oxygen atoms in total. The van der Waals surface area contributed by atoms with Crippen LogP contribution in [0.4, 0.5) is 0 Å². The van der Waals surface area contributed by atoms with Gasteiger partial charge in [-0.3, -0.25) is 10.2 Å². The molecule has 0 spiro atoms. The van der Waals surface area contributed by atoms with Gasteiger partial charge in [-0.25, -0.2) is 5.43 Å². The molecule has 2 aliphatic heterocycles. The lowest BCUT2D eigenvalue weighted by atomic mass is 9.94. The Morgan fingerprint density at radius 3 is 2.87 bits per heavy atom. The summed E-state index contributed by atoms with van der Waals surface area (Å²) in [5.74, 6) is 0.490. The summed E-state index contributed by atoms with van der Waals surface area (Å²) in [5, 5.41) is 6.59. The van der Waals surface area contributed by atoms with E-state index in [0.29, 0.717) is 12.5 Å². The molecule has 4 unspecified atom stereocenters. The molecule has 6 heteroatoms. The number of hydrogen-bond acceptors (Lipinski definition) is 4. The van der Waals surface area contributed by atoms with Crippen molar-refractivity contribution in [2.24, 2.45) is 5.92 Å². The average Bonchev–Trinajstić information content (AvgIpc) is 2.94. The first-order valence-electron chi connectivity index (χ1n) is 8.32. The summed E-state index contributed by atoms with van der Waals surface area (Å²) in [5.41, 5.74) is 9.01. The molecule has 0 bridgehead atoms. The van der Waals surface area contributed by atoms with Crippen LogP contribution in [0.3, 0.4) is 0 Å². The van der Waals surface area contributed by atoms with Gasteiger partial charge in [0.05, 0.1) is 4.83 Å². The zero-order valence-electron chi connectivity index (χ0n) is 13.6. The van der Waals surface area contributed by atoms with Crippen molar-refractivity contribution >= 4 is 21.8 Å². The number of halogens is 1. The van der Waals surface area contributed by atoms with E-state index in [2.05, 4.69) is 75.5 Å². The Morgan fingerprint density at radius 2 is 2.13 bits per heavy atom. The molecule has 4 N–H and O–H groups in total. The lowest BCUT2D eigenvalue weighted by Gasteiger charge is -2.27. The molecule has 4 atom stereocenters. The first-order valence-corrected chi connectivity index (χ1v) is 9.23. The second-order valence-electron chi connectivity index (χ2n) is 6.68.